The standard InChI is InChI=1S/C36H58O6S/c1-31(2,3)25-17-21(18-26(32(4,5)6)35(25,13)41)15-23(29(37)38)43-24(30(39)40)16-22-19-27(33(7,8)9)36(14,42)28(20-22)34(10,11)12/h17-20,23-25,27,41-42H,15-16H2,1-14H3,(H,37,38)(H,39,40). The molecule has 2 aliphatic rings. The summed E-state index contributed by atoms with van der Waals surface area (Å²) < 4.78 is 0. The van der Waals surface area contributed by atoms with Crippen LogP contribution in [0.1, 0.15) is 110 Å². The summed E-state index contributed by atoms with van der Waals surface area (Å²) in [5.74, 6) is -2.63. The number of carbonyl (C=O) groups is 2. The van der Waals surface area contributed by atoms with Crippen molar-refractivity contribution in [3.63, 3.8) is 0 Å². The van der Waals surface area contributed by atoms with E-state index in [1.165, 1.54) is 0 Å². The number of hydrogen-bond acceptors (Lipinski definition) is 5. The highest BCUT2D eigenvalue weighted by molar-refractivity contribution is 8.01. The molecule has 0 amide bonds. The van der Waals surface area contributed by atoms with E-state index in [4.69, 9.17) is 0 Å². The van der Waals surface area contributed by atoms with Crippen molar-refractivity contribution in [3.05, 3.63) is 46.6 Å². The Balaban J connectivity index is 2.51. The van der Waals surface area contributed by atoms with E-state index in [0.717, 1.165) is 34.1 Å². The zero-order chi connectivity index (χ0) is 33.7. The quantitative estimate of drug-likeness (QED) is 0.217. The van der Waals surface area contributed by atoms with Crippen molar-refractivity contribution < 1.29 is 30.0 Å². The minimum absolute atomic E-state index is 0.146. The molecule has 2 rings (SSSR count). The number of rotatable bonds is 8. The minimum atomic E-state index is -1.11. The second-order valence-electron chi connectivity index (χ2n) is 17.3. The lowest BCUT2D eigenvalue weighted by Gasteiger charge is -2.48. The van der Waals surface area contributed by atoms with Crippen LogP contribution in [-0.2, 0) is 9.59 Å². The number of aliphatic hydroxyl groups is 2. The van der Waals surface area contributed by atoms with E-state index >= 15 is 0 Å². The van der Waals surface area contributed by atoms with E-state index < -0.39 is 33.6 Å². The lowest BCUT2D eigenvalue weighted by molar-refractivity contribution is -0.136. The predicted molar refractivity (Wildman–Crippen MR) is 178 cm³/mol. The monoisotopic (exact) mass is 618 g/mol. The first-order valence-electron chi connectivity index (χ1n) is 15.4. The van der Waals surface area contributed by atoms with Gasteiger partial charge in [-0.1, -0.05) is 107 Å². The number of thioether (sulfide) groups is 1. The molecular formula is C36H58O6S. The topological polar surface area (TPSA) is 115 Å². The molecule has 0 bridgehead atoms. The number of allylic oxidation sites excluding steroid dienone is 4. The average Bonchev–Trinajstić information content (AvgIpc) is 2.75. The Kier molecular flexibility index (Phi) is 10.6. The van der Waals surface area contributed by atoms with E-state index in [0.29, 0.717) is 0 Å². The fraction of sp³-hybridized carbons (Fsp3) is 0.722. The van der Waals surface area contributed by atoms with Crippen molar-refractivity contribution in [2.75, 3.05) is 0 Å². The minimum Gasteiger partial charge on any atom is -0.480 e. The van der Waals surface area contributed by atoms with Crippen molar-refractivity contribution in [1.82, 2.24) is 0 Å². The van der Waals surface area contributed by atoms with Gasteiger partial charge in [0.25, 0.3) is 0 Å². The third-order valence-electron chi connectivity index (χ3n) is 8.93. The van der Waals surface area contributed by atoms with Gasteiger partial charge in [-0.3, -0.25) is 9.59 Å². The van der Waals surface area contributed by atoms with Crippen LogP contribution in [0.15, 0.2) is 46.6 Å². The van der Waals surface area contributed by atoms with E-state index in [1.807, 2.05) is 79.7 Å². The maximum absolute atomic E-state index is 12.6. The molecule has 6 unspecified atom stereocenters. The first kappa shape index (κ1) is 37.4. The van der Waals surface area contributed by atoms with Crippen molar-refractivity contribution in [3.8, 4) is 0 Å². The highest BCUT2D eigenvalue weighted by Crippen LogP contribution is 2.51. The molecule has 6 atom stereocenters. The molecule has 6 nitrogen and oxygen atoms in total. The molecule has 244 valence electrons. The van der Waals surface area contributed by atoms with Crippen molar-refractivity contribution >= 4 is 23.7 Å². The van der Waals surface area contributed by atoms with Crippen LogP contribution in [0, 0.1) is 33.5 Å². The summed E-state index contributed by atoms with van der Waals surface area (Å²) >= 11 is 0.964. The van der Waals surface area contributed by atoms with E-state index in [-0.39, 0.29) is 46.3 Å². The smallest absolute Gasteiger partial charge is 0.316 e. The number of carboxylic acid groups (broad SMARTS) is 2. The van der Waals surface area contributed by atoms with Gasteiger partial charge < -0.3 is 20.4 Å². The molecule has 4 N–H and O–H groups in total. The fourth-order valence-corrected chi connectivity index (χ4v) is 8.46. The lowest BCUT2D eigenvalue weighted by atomic mass is 9.60. The molecule has 0 heterocycles. The van der Waals surface area contributed by atoms with Gasteiger partial charge in [0.15, 0.2) is 0 Å². The molecule has 0 aromatic carbocycles. The summed E-state index contributed by atoms with van der Waals surface area (Å²) in [5.41, 5.74) is -0.200. The number of carboxylic acids is 2. The average molecular weight is 619 g/mol. The summed E-state index contributed by atoms with van der Waals surface area (Å²) in [6, 6.07) is 0. The van der Waals surface area contributed by atoms with Gasteiger partial charge in [-0.05, 0) is 70.6 Å². The molecule has 0 aromatic rings. The first-order chi connectivity index (χ1) is 19.0. The predicted octanol–water partition coefficient (Wildman–Crippen LogP) is 8.06. The van der Waals surface area contributed by atoms with Gasteiger partial charge in [-0.2, -0.15) is 0 Å². The van der Waals surface area contributed by atoms with Gasteiger partial charge in [-0.25, -0.2) is 0 Å². The van der Waals surface area contributed by atoms with Crippen molar-refractivity contribution in [2.24, 2.45) is 33.5 Å². The van der Waals surface area contributed by atoms with Crippen LogP contribution in [0.4, 0.5) is 0 Å². The van der Waals surface area contributed by atoms with E-state index in [2.05, 4.69) is 41.5 Å². The second-order valence-corrected chi connectivity index (χ2v) is 18.7. The second kappa shape index (κ2) is 12.2. The highest BCUT2D eigenvalue weighted by Gasteiger charge is 2.48. The lowest BCUT2D eigenvalue weighted by Crippen LogP contribution is -2.47. The molecule has 0 spiro atoms. The molecule has 0 aromatic heterocycles. The summed E-state index contributed by atoms with van der Waals surface area (Å²) in [7, 11) is 0. The maximum atomic E-state index is 12.6. The van der Waals surface area contributed by atoms with Gasteiger partial charge in [-0.15, -0.1) is 11.8 Å². The summed E-state index contributed by atoms with van der Waals surface area (Å²) in [6.07, 6.45) is 8.11. The van der Waals surface area contributed by atoms with E-state index in [9.17, 15) is 30.0 Å². The van der Waals surface area contributed by atoms with Crippen molar-refractivity contribution in [1.29, 1.82) is 0 Å². The molecule has 0 fully saturated rings. The Bertz CT molecular complexity index is 1110. The Morgan fingerprint density at radius 2 is 0.953 bits per heavy atom. The van der Waals surface area contributed by atoms with Crippen LogP contribution in [0.3, 0.4) is 0 Å². The summed E-state index contributed by atoms with van der Waals surface area (Å²) in [5, 5.41) is 41.9. The molecule has 0 aliphatic heterocycles. The van der Waals surface area contributed by atoms with Crippen LogP contribution >= 0.6 is 11.8 Å². The Hall–Kier alpha value is -1.83. The maximum Gasteiger partial charge on any atom is 0.316 e. The van der Waals surface area contributed by atoms with Gasteiger partial charge in [0.1, 0.15) is 10.5 Å². The van der Waals surface area contributed by atoms with E-state index in [1.54, 1.807) is 0 Å². The molecule has 0 saturated heterocycles. The zero-order valence-electron chi connectivity index (χ0n) is 29.0. The molecule has 2 aliphatic carbocycles. The molecule has 7 heteroatoms. The van der Waals surface area contributed by atoms with Crippen LogP contribution < -0.4 is 0 Å². The number of aliphatic carboxylic acids is 2. The van der Waals surface area contributed by atoms with Crippen LogP contribution in [0.25, 0.3) is 0 Å². The first-order valence-corrected chi connectivity index (χ1v) is 16.4. The molecule has 0 radical (unpaired) electrons. The third kappa shape index (κ3) is 8.67. The van der Waals surface area contributed by atoms with Crippen molar-refractivity contribution in [2.45, 2.75) is 131 Å². The normalized spacial score (nSPS) is 28.7. The number of hydrogen-bond donors (Lipinski definition) is 4. The van der Waals surface area contributed by atoms with Gasteiger partial charge in [0, 0.05) is 11.8 Å². The fourth-order valence-electron chi connectivity index (χ4n) is 7.25. The summed E-state index contributed by atoms with van der Waals surface area (Å²) in [4.78, 5) is 25.2. The highest BCUT2D eigenvalue weighted by atomic mass is 32.2. The molecular weight excluding hydrogens is 560 g/mol. The van der Waals surface area contributed by atoms with Gasteiger partial charge >= 0.3 is 11.9 Å². The Labute approximate surface area is 264 Å². The molecule has 0 saturated carbocycles. The largest absolute Gasteiger partial charge is 0.480 e. The molecule has 43 heavy (non-hydrogen) atoms. The van der Waals surface area contributed by atoms with Gasteiger partial charge in [0.2, 0.25) is 0 Å². The third-order valence-corrected chi connectivity index (χ3v) is 10.3. The van der Waals surface area contributed by atoms with Crippen LogP contribution in [-0.4, -0.2) is 54.1 Å². The SMILES string of the molecule is CC(C)(C)C1=CC(CC(SC(CC2=CC(C(C)(C)C)C(C)(O)C(C(C)(C)C)=C2)C(=O)O)C(=O)O)=CC(C(C)(C)C)C1(C)O. The van der Waals surface area contributed by atoms with Gasteiger partial charge in [0.05, 0.1) is 11.2 Å². The van der Waals surface area contributed by atoms with Crippen LogP contribution in [0.5, 0.6) is 0 Å². The summed E-state index contributed by atoms with van der Waals surface area (Å²) in [6.45, 7) is 28.3. The Morgan fingerprint density at radius 3 is 1.16 bits per heavy atom. The Morgan fingerprint density at radius 1 is 0.674 bits per heavy atom. The zero-order valence-corrected chi connectivity index (χ0v) is 29.9. The van der Waals surface area contributed by atoms with Crippen LogP contribution in [0.2, 0.25) is 0 Å².